The molecule has 1 aromatic carbocycles. The molecule has 4 heteroatoms. The Morgan fingerprint density at radius 2 is 1.94 bits per heavy atom. The molecule has 102 valence electrons. The molecule has 0 spiro atoms. The van der Waals surface area contributed by atoms with Crippen LogP contribution in [0.4, 0.5) is 0 Å². The van der Waals surface area contributed by atoms with Crippen LogP contribution in [0, 0.1) is 0 Å². The minimum Gasteiger partial charge on any atom is -0.507 e. The van der Waals surface area contributed by atoms with Gasteiger partial charge in [-0.3, -0.25) is 4.90 Å². The third kappa shape index (κ3) is 4.15. The van der Waals surface area contributed by atoms with E-state index in [0.717, 1.165) is 17.1 Å². The number of halogens is 2. The highest BCUT2D eigenvalue weighted by molar-refractivity contribution is 9.10. The first-order valence-electron chi connectivity index (χ1n) is 6.34. The third-order valence-electron chi connectivity index (χ3n) is 3.64. The van der Waals surface area contributed by atoms with Gasteiger partial charge in [0.05, 0.1) is 4.47 Å². The fraction of sp³-hybridized carbons (Fsp3) is 0.571. The smallest absolute Gasteiger partial charge is 0.129 e. The molecule has 0 heterocycles. The quantitative estimate of drug-likeness (QED) is 0.888. The van der Waals surface area contributed by atoms with Gasteiger partial charge in [-0.2, -0.15) is 0 Å². The fourth-order valence-corrected chi connectivity index (χ4v) is 3.01. The van der Waals surface area contributed by atoms with E-state index >= 15 is 0 Å². The molecular formula is C14H21BrClNO. The lowest BCUT2D eigenvalue weighted by molar-refractivity contribution is 0.184. The number of phenolic OH excluding ortho intramolecular Hbond substituents is 1. The van der Waals surface area contributed by atoms with E-state index in [1.54, 1.807) is 6.07 Å². The van der Waals surface area contributed by atoms with Crippen molar-refractivity contribution >= 4 is 28.3 Å². The van der Waals surface area contributed by atoms with Crippen LogP contribution in [0.5, 0.6) is 5.75 Å². The molecule has 0 bridgehead atoms. The van der Waals surface area contributed by atoms with E-state index in [2.05, 4.69) is 27.9 Å². The number of rotatable bonds is 3. The maximum Gasteiger partial charge on any atom is 0.129 e. The number of benzene rings is 1. The van der Waals surface area contributed by atoms with E-state index in [1.165, 1.54) is 37.7 Å². The summed E-state index contributed by atoms with van der Waals surface area (Å²) in [6.07, 6.45) is 6.79. The molecule has 0 radical (unpaired) electrons. The Morgan fingerprint density at radius 1 is 1.28 bits per heavy atom. The van der Waals surface area contributed by atoms with Gasteiger partial charge in [0, 0.05) is 12.6 Å². The summed E-state index contributed by atoms with van der Waals surface area (Å²) >= 11 is 3.36. The number of hydrogen-bond acceptors (Lipinski definition) is 2. The summed E-state index contributed by atoms with van der Waals surface area (Å²) in [5, 5.41) is 9.47. The first kappa shape index (κ1) is 15.8. The molecule has 2 nitrogen and oxygen atoms in total. The number of nitrogens with zero attached hydrogens (tertiary/aromatic N) is 1. The van der Waals surface area contributed by atoms with Gasteiger partial charge in [0.25, 0.3) is 0 Å². The van der Waals surface area contributed by atoms with Gasteiger partial charge in [-0.25, -0.2) is 0 Å². The van der Waals surface area contributed by atoms with Crippen LogP contribution in [-0.2, 0) is 6.54 Å². The van der Waals surface area contributed by atoms with Crippen molar-refractivity contribution in [1.29, 1.82) is 0 Å². The Bertz CT molecular complexity index is 380. The Morgan fingerprint density at radius 3 is 2.56 bits per heavy atom. The maximum absolute atomic E-state index is 9.47. The topological polar surface area (TPSA) is 23.5 Å². The van der Waals surface area contributed by atoms with Gasteiger partial charge in [0.2, 0.25) is 0 Å². The van der Waals surface area contributed by atoms with Crippen molar-refractivity contribution in [2.45, 2.75) is 44.7 Å². The van der Waals surface area contributed by atoms with Crippen molar-refractivity contribution in [3.05, 3.63) is 28.2 Å². The molecule has 1 aliphatic carbocycles. The highest BCUT2D eigenvalue weighted by Crippen LogP contribution is 2.26. The van der Waals surface area contributed by atoms with Gasteiger partial charge in [0.1, 0.15) is 5.75 Å². The Hall–Kier alpha value is -0.250. The van der Waals surface area contributed by atoms with Crippen LogP contribution < -0.4 is 0 Å². The zero-order chi connectivity index (χ0) is 12.3. The molecule has 0 saturated heterocycles. The highest BCUT2D eigenvalue weighted by atomic mass is 79.9. The lowest BCUT2D eigenvalue weighted by atomic mass is 9.94. The van der Waals surface area contributed by atoms with Crippen LogP contribution in [0.25, 0.3) is 0 Å². The SMILES string of the molecule is CN(Cc1ccc(O)c(Br)c1)C1CCCCC1.Cl. The van der Waals surface area contributed by atoms with Gasteiger partial charge >= 0.3 is 0 Å². The summed E-state index contributed by atoms with van der Waals surface area (Å²) in [4.78, 5) is 2.44. The molecule has 0 aromatic heterocycles. The zero-order valence-corrected chi connectivity index (χ0v) is 13.1. The second-order valence-electron chi connectivity index (χ2n) is 4.99. The average molecular weight is 335 g/mol. The molecule has 1 aliphatic rings. The van der Waals surface area contributed by atoms with E-state index < -0.39 is 0 Å². The summed E-state index contributed by atoms with van der Waals surface area (Å²) < 4.78 is 0.784. The largest absolute Gasteiger partial charge is 0.507 e. The molecule has 0 unspecified atom stereocenters. The second kappa shape index (κ2) is 7.37. The normalized spacial score (nSPS) is 16.6. The van der Waals surface area contributed by atoms with Crippen LogP contribution in [0.1, 0.15) is 37.7 Å². The van der Waals surface area contributed by atoms with Crippen LogP contribution >= 0.6 is 28.3 Å². The molecule has 18 heavy (non-hydrogen) atoms. The summed E-state index contributed by atoms with van der Waals surface area (Å²) in [7, 11) is 2.21. The minimum absolute atomic E-state index is 0. The monoisotopic (exact) mass is 333 g/mol. The Balaban J connectivity index is 0.00000162. The lowest BCUT2D eigenvalue weighted by Crippen LogP contribution is -2.32. The molecule has 1 fully saturated rings. The summed E-state index contributed by atoms with van der Waals surface area (Å²) in [5.41, 5.74) is 1.25. The van der Waals surface area contributed by atoms with Gasteiger partial charge in [-0.15, -0.1) is 12.4 Å². The lowest BCUT2D eigenvalue weighted by Gasteiger charge is -2.31. The molecule has 2 rings (SSSR count). The van der Waals surface area contributed by atoms with Crippen LogP contribution in [-0.4, -0.2) is 23.1 Å². The summed E-state index contributed by atoms with van der Waals surface area (Å²) in [6, 6.07) is 6.50. The van der Waals surface area contributed by atoms with Crippen molar-refractivity contribution in [2.75, 3.05) is 7.05 Å². The van der Waals surface area contributed by atoms with Crippen molar-refractivity contribution in [3.63, 3.8) is 0 Å². The molecular weight excluding hydrogens is 314 g/mol. The number of hydrogen-bond donors (Lipinski definition) is 1. The van der Waals surface area contributed by atoms with Gasteiger partial charge < -0.3 is 5.11 Å². The molecule has 0 amide bonds. The molecule has 1 N–H and O–H groups in total. The predicted molar refractivity (Wildman–Crippen MR) is 81.4 cm³/mol. The first-order valence-corrected chi connectivity index (χ1v) is 7.14. The van der Waals surface area contributed by atoms with Crippen molar-refractivity contribution in [2.24, 2.45) is 0 Å². The summed E-state index contributed by atoms with van der Waals surface area (Å²) in [6.45, 7) is 0.962. The van der Waals surface area contributed by atoms with Crippen LogP contribution in [0.15, 0.2) is 22.7 Å². The van der Waals surface area contributed by atoms with E-state index in [9.17, 15) is 5.11 Å². The van der Waals surface area contributed by atoms with E-state index in [1.807, 2.05) is 12.1 Å². The average Bonchev–Trinajstić information content (AvgIpc) is 2.35. The standard InChI is InChI=1S/C14H20BrNO.ClH/c1-16(12-5-3-2-4-6-12)10-11-7-8-14(17)13(15)9-11;/h7-9,12,17H,2-6,10H2,1H3;1H. The predicted octanol–water partition coefficient (Wildman–Crippen LogP) is 4.34. The van der Waals surface area contributed by atoms with Crippen molar-refractivity contribution < 1.29 is 5.11 Å². The van der Waals surface area contributed by atoms with E-state index in [-0.39, 0.29) is 12.4 Å². The number of phenols is 1. The molecule has 0 atom stereocenters. The van der Waals surface area contributed by atoms with Crippen molar-refractivity contribution in [1.82, 2.24) is 4.90 Å². The number of aromatic hydroxyl groups is 1. The summed E-state index contributed by atoms with van der Waals surface area (Å²) in [5.74, 6) is 0.314. The van der Waals surface area contributed by atoms with Crippen LogP contribution in [0.3, 0.4) is 0 Å². The molecule has 1 aromatic rings. The minimum atomic E-state index is 0. The maximum atomic E-state index is 9.47. The van der Waals surface area contributed by atoms with Crippen LogP contribution in [0.2, 0.25) is 0 Å². The zero-order valence-electron chi connectivity index (χ0n) is 10.7. The van der Waals surface area contributed by atoms with E-state index in [0.29, 0.717) is 5.75 Å². The Kier molecular flexibility index (Phi) is 6.47. The highest BCUT2D eigenvalue weighted by Gasteiger charge is 2.18. The van der Waals surface area contributed by atoms with E-state index in [4.69, 9.17) is 0 Å². The van der Waals surface area contributed by atoms with Gasteiger partial charge in [-0.05, 0) is 53.5 Å². The molecule has 0 aliphatic heterocycles. The van der Waals surface area contributed by atoms with Gasteiger partial charge in [0.15, 0.2) is 0 Å². The fourth-order valence-electron chi connectivity index (χ4n) is 2.59. The van der Waals surface area contributed by atoms with Gasteiger partial charge in [-0.1, -0.05) is 25.3 Å². The third-order valence-corrected chi connectivity index (χ3v) is 4.28. The second-order valence-corrected chi connectivity index (χ2v) is 5.85. The molecule has 1 saturated carbocycles. The first-order chi connectivity index (χ1) is 8.16. The van der Waals surface area contributed by atoms with Crippen molar-refractivity contribution in [3.8, 4) is 5.75 Å². The Labute approximate surface area is 124 Å².